The minimum Gasteiger partial charge on any atom is -0.469 e. The van der Waals surface area contributed by atoms with Crippen molar-refractivity contribution in [1.29, 1.82) is 0 Å². The van der Waals surface area contributed by atoms with Crippen LogP contribution in [0.2, 0.25) is 0 Å². The molecule has 0 bridgehead atoms. The third kappa shape index (κ3) is 4.77. The smallest absolute Gasteiger partial charge is 0.339 e. The fourth-order valence-electron chi connectivity index (χ4n) is 16.5. The van der Waals surface area contributed by atoms with Crippen LogP contribution in [0.4, 0.5) is 0 Å². The number of allylic oxidation sites excluding steroid dienone is 1. The van der Waals surface area contributed by atoms with Gasteiger partial charge in [-0.3, -0.25) is 14.9 Å². The van der Waals surface area contributed by atoms with E-state index in [1.54, 1.807) is 6.26 Å². The second kappa shape index (κ2) is 13.1. The molecule has 60 heavy (non-hydrogen) atoms. The molecule has 5 N–H and O–H groups in total. The van der Waals surface area contributed by atoms with Crippen molar-refractivity contribution in [3.05, 3.63) is 35.9 Å². The topological polar surface area (TPSA) is 201 Å². The number of carbonyl (C=O) groups excluding carboxylic acids is 3. The summed E-state index contributed by atoms with van der Waals surface area (Å²) < 4.78 is 32.6. The lowest BCUT2D eigenvalue weighted by molar-refractivity contribution is -0.264. The zero-order chi connectivity index (χ0) is 41.9. The summed E-state index contributed by atoms with van der Waals surface area (Å²) >= 11 is 0. The van der Waals surface area contributed by atoms with E-state index in [0.29, 0.717) is 67.7 Å². The SMILES string of the molecule is CC1(C)O[C@H]2[C@]3(CC[C@@H](CO)C3)C(=O)OC[C@@]23[C@@H]1C(=O)[C@@H](O)[C@]1(C)[C@@H]3CC[C@@]2(C)[C@H](c3ccoc3C[C@@H]([C@H]3CC[C@H]4[C@H](C=CN5CNC[C@H]45)C3)[C@H](O)CO)OC(=O)[C@H]3O[C@@]312. The first-order valence-electron chi connectivity index (χ1n) is 22.7. The van der Waals surface area contributed by atoms with Crippen LogP contribution in [-0.4, -0.2) is 118 Å². The molecule has 7 heterocycles. The highest BCUT2D eigenvalue weighted by atomic mass is 16.7. The number of cyclic esters (lactones) is 2. The highest BCUT2D eigenvalue weighted by Crippen LogP contribution is 2.81. The molecule has 1 aromatic heterocycles. The van der Waals surface area contributed by atoms with Gasteiger partial charge in [-0.1, -0.05) is 19.9 Å². The van der Waals surface area contributed by atoms with E-state index in [1.165, 1.54) is 0 Å². The second-order valence-corrected chi connectivity index (χ2v) is 21.7. The van der Waals surface area contributed by atoms with E-state index in [4.69, 9.17) is 23.4 Å². The summed E-state index contributed by atoms with van der Waals surface area (Å²) in [5, 5.41) is 48.2. The van der Waals surface area contributed by atoms with Crippen molar-refractivity contribution in [1.82, 2.24) is 10.2 Å². The fraction of sp³-hybridized carbons (Fsp3) is 0.804. The number of aliphatic hydroxyl groups is 4. The molecule has 11 rings (SSSR count). The number of esters is 2. The fourth-order valence-corrected chi connectivity index (χ4v) is 16.5. The quantitative estimate of drug-likeness (QED) is 0.198. The van der Waals surface area contributed by atoms with Crippen LogP contribution in [0.15, 0.2) is 29.0 Å². The van der Waals surface area contributed by atoms with Gasteiger partial charge in [-0.05, 0) is 113 Å². The lowest BCUT2D eigenvalue weighted by Crippen LogP contribution is -2.77. The maximum absolute atomic E-state index is 15.1. The molecule has 3 spiro atoms. The zero-order valence-corrected chi connectivity index (χ0v) is 35.2. The maximum Gasteiger partial charge on any atom is 0.339 e. The zero-order valence-electron chi connectivity index (χ0n) is 35.2. The molecular weight excluding hydrogens is 773 g/mol. The summed E-state index contributed by atoms with van der Waals surface area (Å²) in [6.07, 6.45) is 6.71. The summed E-state index contributed by atoms with van der Waals surface area (Å²) in [5.41, 5.74) is -5.99. The molecular formula is C46H62N2O12. The number of fused-ring (bicyclic) bond motifs is 5. The van der Waals surface area contributed by atoms with Crippen LogP contribution in [0.3, 0.4) is 0 Å². The van der Waals surface area contributed by atoms with Crippen molar-refractivity contribution in [3.63, 3.8) is 0 Å². The number of rotatable bonds is 7. The van der Waals surface area contributed by atoms with Crippen molar-refractivity contribution in [3.8, 4) is 0 Å². The van der Waals surface area contributed by atoms with E-state index >= 15 is 4.79 Å². The van der Waals surface area contributed by atoms with Crippen molar-refractivity contribution < 1.29 is 58.2 Å². The number of aliphatic hydroxyl groups excluding tert-OH is 4. The molecule has 14 nitrogen and oxygen atoms in total. The van der Waals surface area contributed by atoms with Gasteiger partial charge in [0.2, 0.25) is 0 Å². The molecule has 9 fully saturated rings. The Hall–Kier alpha value is -2.85. The third-order valence-corrected chi connectivity index (χ3v) is 19.0. The monoisotopic (exact) mass is 834 g/mol. The number of Topliss-reactive ketones (excluding diaryl/α,β-unsaturated/α-hetero) is 1. The Morgan fingerprint density at radius 1 is 1.02 bits per heavy atom. The van der Waals surface area contributed by atoms with Crippen LogP contribution >= 0.6 is 0 Å². The number of furan rings is 1. The van der Waals surface area contributed by atoms with Gasteiger partial charge in [0.1, 0.15) is 30.2 Å². The van der Waals surface area contributed by atoms with Crippen molar-refractivity contribution >= 4 is 17.7 Å². The Bertz CT molecular complexity index is 2000. The highest BCUT2D eigenvalue weighted by Gasteiger charge is 2.91. The molecule has 0 unspecified atom stereocenters. The molecule has 5 saturated heterocycles. The molecule has 0 aromatic carbocycles. The van der Waals surface area contributed by atoms with Gasteiger partial charge in [0.25, 0.3) is 0 Å². The average Bonchev–Trinajstić information content (AvgIpc) is 3.61. The van der Waals surface area contributed by atoms with Crippen LogP contribution in [0.1, 0.15) is 96.5 Å². The normalized spacial score (nSPS) is 50.4. The van der Waals surface area contributed by atoms with Crippen molar-refractivity contribution in [2.75, 3.05) is 33.0 Å². The predicted octanol–water partition coefficient (Wildman–Crippen LogP) is 2.80. The Kier molecular flexibility index (Phi) is 8.73. The van der Waals surface area contributed by atoms with Gasteiger partial charge in [-0.15, -0.1) is 0 Å². The Morgan fingerprint density at radius 2 is 1.83 bits per heavy atom. The highest BCUT2D eigenvalue weighted by molar-refractivity contribution is 5.92. The number of carbonyl (C=O) groups is 3. The van der Waals surface area contributed by atoms with Crippen molar-refractivity contribution in [2.45, 2.75) is 133 Å². The molecule has 4 aliphatic carbocycles. The minimum absolute atomic E-state index is 0.0466. The third-order valence-electron chi connectivity index (χ3n) is 19.0. The first kappa shape index (κ1) is 40.0. The van der Waals surface area contributed by atoms with Gasteiger partial charge >= 0.3 is 11.9 Å². The molecule has 14 heteroatoms. The van der Waals surface area contributed by atoms with Gasteiger partial charge in [-0.25, -0.2) is 4.79 Å². The lowest BCUT2D eigenvalue weighted by Gasteiger charge is -2.67. The molecule has 10 aliphatic rings. The van der Waals surface area contributed by atoms with E-state index in [0.717, 1.165) is 32.5 Å². The Balaban J connectivity index is 0.949. The first-order chi connectivity index (χ1) is 28.6. The van der Waals surface area contributed by atoms with Gasteiger partial charge in [-0.2, -0.15) is 0 Å². The van der Waals surface area contributed by atoms with Crippen LogP contribution in [-0.2, 0) is 39.8 Å². The maximum atomic E-state index is 15.1. The molecule has 1 aromatic rings. The van der Waals surface area contributed by atoms with Crippen LogP contribution in [0.25, 0.3) is 0 Å². The van der Waals surface area contributed by atoms with Gasteiger partial charge in [0, 0.05) is 47.4 Å². The number of epoxide rings is 1. The number of nitrogens with one attached hydrogen (secondary N) is 1. The number of hydrogen-bond acceptors (Lipinski definition) is 14. The number of ether oxygens (including phenoxy) is 4. The molecule has 18 atom stereocenters. The van der Waals surface area contributed by atoms with Crippen LogP contribution < -0.4 is 5.32 Å². The number of hydrogen-bond donors (Lipinski definition) is 5. The molecule has 6 aliphatic heterocycles. The molecule has 0 radical (unpaired) electrons. The standard InChI is InChI=1S/C46H62N2O12/c1-41(2)34-33(52)35(53)43(4)32(45(34)21-57-40(55)44(39(45)60-41)12-7-23(17-44)19-49)8-11-42(3)36(58-38(54)37-46(42,43)59-37)27-10-14-56-31(27)16-28(30(51)20-50)24-5-6-26-25(15-24)9-13-48-22-47-18-29(26)48/h9-10,13-14,23-26,28-30,32,34-37,39,47,49-51,53H,5-8,11-12,15-22H2,1-4H3/t23-,24+,25-,26+,28+,29-,30-,32+,34-,35-,36+,37-,39+,42+,43+,44-,45-,46-/m1/s1. The molecule has 4 saturated carbocycles. The summed E-state index contributed by atoms with van der Waals surface area (Å²) in [4.78, 5) is 45.7. The molecule has 328 valence electrons. The largest absolute Gasteiger partial charge is 0.469 e. The minimum atomic E-state index is -1.51. The van der Waals surface area contributed by atoms with Crippen LogP contribution in [0, 0.1) is 63.1 Å². The van der Waals surface area contributed by atoms with E-state index in [9.17, 15) is 30.0 Å². The van der Waals surface area contributed by atoms with Gasteiger partial charge in [0.15, 0.2) is 11.9 Å². The summed E-state index contributed by atoms with van der Waals surface area (Å²) in [6.45, 7) is 9.02. The first-order valence-corrected chi connectivity index (χ1v) is 22.7. The van der Waals surface area contributed by atoms with Gasteiger partial charge in [0.05, 0.1) is 48.7 Å². The Morgan fingerprint density at radius 3 is 2.60 bits per heavy atom. The van der Waals surface area contributed by atoms with Crippen molar-refractivity contribution in [2.24, 2.45) is 63.1 Å². The summed E-state index contributed by atoms with van der Waals surface area (Å²) in [7, 11) is 0. The Labute approximate surface area is 350 Å². The molecule has 0 amide bonds. The van der Waals surface area contributed by atoms with Gasteiger partial charge < -0.3 is 48.7 Å². The summed E-state index contributed by atoms with van der Waals surface area (Å²) in [6, 6.07) is 2.30. The number of nitrogens with zero attached hydrogens (tertiary/aromatic N) is 1. The van der Waals surface area contributed by atoms with E-state index < -0.39 is 87.0 Å². The van der Waals surface area contributed by atoms with E-state index in [2.05, 4.69) is 22.5 Å². The number of ketones is 1. The average molecular weight is 835 g/mol. The lowest BCUT2D eigenvalue weighted by atomic mass is 9.35. The summed E-state index contributed by atoms with van der Waals surface area (Å²) in [5.74, 6) is -1.35. The predicted molar refractivity (Wildman–Crippen MR) is 210 cm³/mol. The second-order valence-electron chi connectivity index (χ2n) is 21.7. The van der Waals surface area contributed by atoms with E-state index in [-0.39, 0.29) is 43.5 Å². The van der Waals surface area contributed by atoms with Crippen LogP contribution in [0.5, 0.6) is 0 Å². The van der Waals surface area contributed by atoms with E-state index in [1.807, 2.05) is 33.8 Å².